The zero-order valence-corrected chi connectivity index (χ0v) is 82.3. The van der Waals surface area contributed by atoms with Gasteiger partial charge in [-0.1, -0.05) is 590 Å². The molecule has 9 heteroatoms. The first-order valence-corrected chi connectivity index (χ1v) is 54.0. The summed E-state index contributed by atoms with van der Waals surface area (Å²) in [5, 5.41) is 0. The van der Waals surface area contributed by atoms with E-state index in [4.69, 9.17) is 0 Å². The molecule has 0 aliphatic heterocycles. The van der Waals surface area contributed by atoms with E-state index in [1.165, 1.54) is 576 Å². The van der Waals surface area contributed by atoms with Gasteiger partial charge in [0.1, 0.15) is 20.2 Å². The zero-order valence-electron chi connectivity index (χ0n) is 76.2. The van der Waals surface area contributed by atoms with Crippen LogP contribution in [0.2, 0.25) is 0 Å². The molecule has 0 saturated carbocycles. The molecular formula is C104H194BaO6S2. The van der Waals surface area contributed by atoms with Crippen LogP contribution in [0.1, 0.15) is 590 Å². The Hall–Kier alpha value is -0.169. The third-order valence-electron chi connectivity index (χ3n) is 25.0. The molecule has 0 saturated heterocycles. The maximum Gasteiger partial charge on any atom is 2.00 e. The average molecular weight is 1740 g/mol. The summed E-state index contributed by atoms with van der Waals surface area (Å²) >= 11 is 0. The maximum atomic E-state index is 11.2. The van der Waals surface area contributed by atoms with Gasteiger partial charge in [-0.15, -0.1) is 0 Å². The maximum absolute atomic E-state index is 11.2. The molecule has 2 aromatic carbocycles. The van der Waals surface area contributed by atoms with Gasteiger partial charge in [-0.3, -0.25) is 0 Å². The molecule has 0 unspecified atom stereocenters. The molecule has 660 valence electrons. The van der Waals surface area contributed by atoms with E-state index >= 15 is 0 Å². The molecule has 0 heterocycles. The van der Waals surface area contributed by atoms with Crippen molar-refractivity contribution in [2.24, 2.45) is 0 Å². The van der Waals surface area contributed by atoms with Crippen LogP contribution in [-0.4, -0.2) is 74.8 Å². The van der Waals surface area contributed by atoms with Gasteiger partial charge >= 0.3 is 48.9 Å². The first-order chi connectivity index (χ1) is 55.1. The molecule has 0 N–H and O–H groups in total. The van der Waals surface area contributed by atoms with Crippen LogP contribution in [0.3, 0.4) is 0 Å². The third-order valence-corrected chi connectivity index (χ3v) is 26.7. The van der Waals surface area contributed by atoms with Gasteiger partial charge in [0.2, 0.25) is 0 Å². The second-order valence-electron chi connectivity index (χ2n) is 36.1. The Labute approximate surface area is 749 Å². The predicted octanol–water partition coefficient (Wildman–Crippen LogP) is 36.3. The summed E-state index contributed by atoms with van der Waals surface area (Å²) in [6.45, 7) is 4.61. The number of hydrogen-bond acceptors (Lipinski definition) is 6. The number of aryl methyl sites for hydroxylation is 2. The Morgan fingerprint density at radius 3 is 0.389 bits per heavy atom. The first kappa shape index (κ1) is 113. The van der Waals surface area contributed by atoms with Crippen LogP contribution in [0.5, 0.6) is 0 Å². The van der Waals surface area contributed by atoms with Crippen LogP contribution in [0.4, 0.5) is 0 Å². The number of benzene rings is 2. The molecule has 0 amide bonds. The molecular weight excluding hydrogens is 1550 g/mol. The quantitative estimate of drug-likeness (QED) is 0.0370. The zero-order chi connectivity index (χ0) is 80.6. The monoisotopic (exact) mass is 1740 g/mol. The SMILES string of the molecule is CCCCCCCCCCCCCCCCCCCCCCCCCCCCCCCCCCCCCCCCCCCCCCc1cccc(S(=O)(=O)[O-])c1.CCCCCCCCCCCCCCCCCCCCCCCCCCCCCCCCCCCCCCCCCCCCCCc1cccc(S(=O)(=O)[O-])c1.[Ba+2]. The second-order valence-corrected chi connectivity index (χ2v) is 38.9. The van der Waals surface area contributed by atoms with Crippen molar-refractivity contribution in [1.82, 2.24) is 0 Å². The Balaban J connectivity index is 0.00000220. The van der Waals surface area contributed by atoms with Crippen molar-refractivity contribution in [1.29, 1.82) is 0 Å². The fourth-order valence-corrected chi connectivity index (χ4v) is 18.4. The minimum atomic E-state index is -4.35. The van der Waals surface area contributed by atoms with Crippen LogP contribution < -0.4 is 0 Å². The fourth-order valence-electron chi connectivity index (χ4n) is 17.4. The van der Waals surface area contributed by atoms with Crippen molar-refractivity contribution in [3.05, 3.63) is 59.7 Å². The van der Waals surface area contributed by atoms with Gasteiger partial charge < -0.3 is 9.11 Å². The van der Waals surface area contributed by atoms with Crippen molar-refractivity contribution < 1.29 is 25.9 Å². The average Bonchev–Trinajstić information content (AvgIpc) is 0.863. The minimum Gasteiger partial charge on any atom is -0.744 e. The minimum absolute atomic E-state index is 0. The van der Waals surface area contributed by atoms with E-state index in [-0.39, 0.29) is 58.7 Å². The van der Waals surface area contributed by atoms with Crippen molar-refractivity contribution in [2.75, 3.05) is 0 Å². The molecule has 0 aliphatic rings. The third kappa shape index (κ3) is 88.0. The van der Waals surface area contributed by atoms with Crippen LogP contribution in [-0.2, 0) is 33.1 Å². The first-order valence-electron chi connectivity index (χ1n) is 51.2. The molecule has 0 aromatic heterocycles. The summed E-state index contributed by atoms with van der Waals surface area (Å²) in [4.78, 5) is -0.209. The Morgan fingerprint density at radius 2 is 0.283 bits per heavy atom. The fraction of sp³-hybridized carbons (Fsp3) is 0.885. The molecule has 0 bridgehead atoms. The smallest absolute Gasteiger partial charge is 0.744 e. The van der Waals surface area contributed by atoms with E-state index in [9.17, 15) is 25.9 Å². The van der Waals surface area contributed by atoms with Gasteiger partial charge in [0, 0.05) is 0 Å². The van der Waals surface area contributed by atoms with E-state index in [1.54, 1.807) is 12.1 Å². The van der Waals surface area contributed by atoms with Crippen molar-refractivity contribution in [3.8, 4) is 0 Å². The summed E-state index contributed by atoms with van der Waals surface area (Å²) in [7, 11) is -8.70. The number of hydrogen-bond donors (Lipinski definition) is 0. The largest absolute Gasteiger partial charge is 2.00 e. The van der Waals surface area contributed by atoms with Gasteiger partial charge in [-0.2, -0.15) is 0 Å². The van der Waals surface area contributed by atoms with E-state index in [0.29, 0.717) is 0 Å². The topological polar surface area (TPSA) is 114 Å². The van der Waals surface area contributed by atoms with Crippen LogP contribution in [0.25, 0.3) is 0 Å². The predicted molar refractivity (Wildman–Crippen MR) is 500 cm³/mol. The Bertz CT molecular complexity index is 2210. The molecule has 6 nitrogen and oxygen atoms in total. The van der Waals surface area contributed by atoms with Crippen LogP contribution in [0.15, 0.2) is 58.3 Å². The summed E-state index contributed by atoms with van der Waals surface area (Å²) in [6.07, 6.45) is 128. The summed E-state index contributed by atoms with van der Waals surface area (Å²) in [5.41, 5.74) is 1.91. The number of rotatable bonds is 92. The molecule has 113 heavy (non-hydrogen) atoms. The molecule has 2 rings (SSSR count). The van der Waals surface area contributed by atoms with Gasteiger partial charge in [0.15, 0.2) is 0 Å². The summed E-state index contributed by atoms with van der Waals surface area (Å²) < 4.78 is 67.1. The molecule has 0 aliphatic carbocycles. The van der Waals surface area contributed by atoms with Crippen LogP contribution in [0, 0.1) is 0 Å². The molecule has 0 atom stereocenters. The van der Waals surface area contributed by atoms with Crippen LogP contribution >= 0.6 is 0 Å². The summed E-state index contributed by atoms with van der Waals surface area (Å²) in [6, 6.07) is 13.0. The number of unbranched alkanes of at least 4 members (excludes halogenated alkanes) is 86. The van der Waals surface area contributed by atoms with Crippen molar-refractivity contribution >= 4 is 69.1 Å². The van der Waals surface area contributed by atoms with E-state index in [0.717, 1.165) is 36.8 Å². The van der Waals surface area contributed by atoms with E-state index in [1.807, 2.05) is 12.1 Å². The van der Waals surface area contributed by atoms with Gasteiger partial charge in [-0.25, -0.2) is 16.8 Å². The molecule has 0 spiro atoms. The van der Waals surface area contributed by atoms with Gasteiger partial charge in [0.25, 0.3) is 0 Å². The van der Waals surface area contributed by atoms with Gasteiger partial charge in [0.05, 0.1) is 9.79 Å². The van der Waals surface area contributed by atoms with Crippen molar-refractivity contribution in [3.63, 3.8) is 0 Å². The Morgan fingerprint density at radius 1 is 0.177 bits per heavy atom. The standard InChI is InChI=1S/2C52H98O3S.Ba/c2*1-2-3-4-5-6-7-8-9-10-11-12-13-14-15-16-17-18-19-20-21-22-23-24-25-26-27-28-29-30-31-32-33-34-35-36-37-38-39-40-41-42-43-44-45-47-51-48-46-49-52(50-51)56(53,54)55;/h2*46,48-50H,2-45,47H2,1H3,(H,53,54,55);/q;;+2/p-2. The molecule has 0 fully saturated rings. The van der Waals surface area contributed by atoms with Crippen molar-refractivity contribution in [2.45, 2.75) is 602 Å². The van der Waals surface area contributed by atoms with E-state index < -0.39 is 20.2 Å². The van der Waals surface area contributed by atoms with E-state index in [2.05, 4.69) is 13.8 Å². The van der Waals surface area contributed by atoms with Gasteiger partial charge in [-0.05, 0) is 61.1 Å². The normalized spacial score (nSPS) is 11.8. The summed E-state index contributed by atoms with van der Waals surface area (Å²) in [5.74, 6) is 0. The second kappa shape index (κ2) is 92.5. The Kier molecular flexibility index (Phi) is 92.4. The molecule has 2 aromatic rings. The molecule has 0 radical (unpaired) electrons.